The minimum Gasteiger partial charge on any atom is -0.326 e. The van der Waals surface area contributed by atoms with Crippen molar-refractivity contribution < 1.29 is 0 Å². The van der Waals surface area contributed by atoms with Gasteiger partial charge in [0.15, 0.2) is 0 Å². The molecule has 19 heavy (non-hydrogen) atoms. The van der Waals surface area contributed by atoms with Gasteiger partial charge in [0.1, 0.15) is 0 Å². The van der Waals surface area contributed by atoms with Crippen LogP contribution in [-0.2, 0) is 0 Å². The fourth-order valence-electron chi connectivity index (χ4n) is 2.82. The average molecular weight is 299 g/mol. The van der Waals surface area contributed by atoms with E-state index in [4.69, 9.17) is 17.3 Å². The van der Waals surface area contributed by atoms with Gasteiger partial charge in [0.25, 0.3) is 0 Å². The van der Waals surface area contributed by atoms with E-state index >= 15 is 0 Å². The number of halogens is 1. The van der Waals surface area contributed by atoms with Crippen molar-refractivity contribution in [1.29, 1.82) is 0 Å². The van der Waals surface area contributed by atoms with E-state index in [1.165, 1.54) is 0 Å². The van der Waals surface area contributed by atoms with Crippen LogP contribution in [0.1, 0.15) is 32.4 Å². The smallest absolute Gasteiger partial charge is 0.0512 e. The zero-order valence-electron chi connectivity index (χ0n) is 11.9. The molecule has 2 rings (SSSR count). The highest BCUT2D eigenvalue weighted by atomic mass is 35.5. The minimum absolute atomic E-state index is 0.0683. The van der Waals surface area contributed by atoms with Crippen LogP contribution in [-0.4, -0.2) is 34.5 Å². The fraction of sp³-hybridized carbons (Fsp3) is 0.600. The Morgan fingerprint density at radius 3 is 2.63 bits per heavy atom. The number of benzene rings is 1. The molecule has 1 aromatic rings. The van der Waals surface area contributed by atoms with Crippen LogP contribution in [0.2, 0.25) is 5.02 Å². The van der Waals surface area contributed by atoms with Crippen molar-refractivity contribution in [3.63, 3.8) is 0 Å². The first kappa shape index (κ1) is 15.2. The summed E-state index contributed by atoms with van der Waals surface area (Å²) in [7, 11) is 0. The van der Waals surface area contributed by atoms with Gasteiger partial charge in [0, 0.05) is 34.7 Å². The zero-order chi connectivity index (χ0) is 14.0. The molecule has 106 valence electrons. The standard InChI is InChI=1S/C15H23ClN2S/c1-11(17)14(12-6-4-5-7-13(12)16)18-8-9-19-15(2,3)10-18/h4-7,11,14H,8-10,17H2,1-3H3. The van der Waals surface area contributed by atoms with Crippen molar-refractivity contribution in [3.8, 4) is 0 Å². The molecule has 1 saturated heterocycles. The predicted octanol–water partition coefficient (Wildman–Crippen LogP) is 3.56. The van der Waals surface area contributed by atoms with Crippen molar-refractivity contribution in [3.05, 3.63) is 34.9 Å². The lowest BCUT2D eigenvalue weighted by Gasteiger charge is -2.43. The Bertz CT molecular complexity index is 434. The summed E-state index contributed by atoms with van der Waals surface area (Å²) in [5.74, 6) is 1.15. The van der Waals surface area contributed by atoms with Crippen LogP contribution in [0.25, 0.3) is 0 Å². The Balaban J connectivity index is 2.28. The van der Waals surface area contributed by atoms with Gasteiger partial charge in [-0.15, -0.1) is 0 Å². The molecule has 2 atom stereocenters. The van der Waals surface area contributed by atoms with E-state index in [9.17, 15) is 0 Å². The highest BCUT2D eigenvalue weighted by Crippen LogP contribution is 2.36. The number of hydrogen-bond acceptors (Lipinski definition) is 3. The zero-order valence-corrected chi connectivity index (χ0v) is 13.5. The predicted molar refractivity (Wildman–Crippen MR) is 86.0 cm³/mol. The van der Waals surface area contributed by atoms with Gasteiger partial charge in [-0.2, -0.15) is 11.8 Å². The van der Waals surface area contributed by atoms with Crippen molar-refractivity contribution in [2.24, 2.45) is 5.73 Å². The molecule has 1 aromatic carbocycles. The van der Waals surface area contributed by atoms with Gasteiger partial charge in [-0.25, -0.2) is 0 Å². The number of thioether (sulfide) groups is 1. The number of hydrogen-bond donors (Lipinski definition) is 1. The quantitative estimate of drug-likeness (QED) is 0.925. The lowest BCUT2D eigenvalue weighted by atomic mass is 9.97. The van der Waals surface area contributed by atoms with Gasteiger partial charge < -0.3 is 5.73 Å². The Morgan fingerprint density at radius 1 is 1.37 bits per heavy atom. The maximum atomic E-state index is 6.37. The summed E-state index contributed by atoms with van der Waals surface area (Å²) in [4.78, 5) is 2.49. The van der Waals surface area contributed by atoms with Crippen molar-refractivity contribution >= 4 is 23.4 Å². The maximum absolute atomic E-state index is 6.37. The highest BCUT2D eigenvalue weighted by molar-refractivity contribution is 8.00. The summed E-state index contributed by atoms with van der Waals surface area (Å²) < 4.78 is 0.284. The Morgan fingerprint density at radius 2 is 2.05 bits per heavy atom. The summed E-state index contributed by atoms with van der Waals surface area (Å²) >= 11 is 8.40. The van der Waals surface area contributed by atoms with Crippen LogP contribution in [0, 0.1) is 0 Å². The lowest BCUT2D eigenvalue weighted by molar-refractivity contribution is 0.168. The molecule has 0 saturated carbocycles. The maximum Gasteiger partial charge on any atom is 0.0512 e. The molecule has 4 heteroatoms. The first-order chi connectivity index (χ1) is 8.91. The molecule has 1 aliphatic rings. The first-order valence-corrected chi connectivity index (χ1v) is 8.15. The minimum atomic E-state index is 0.0683. The van der Waals surface area contributed by atoms with Gasteiger partial charge in [-0.05, 0) is 32.4 Å². The van der Waals surface area contributed by atoms with E-state index in [1.54, 1.807) is 0 Å². The summed E-state index contributed by atoms with van der Waals surface area (Å²) in [6, 6.07) is 8.34. The fourth-order valence-corrected chi connectivity index (χ4v) is 4.20. The molecular formula is C15H23ClN2S. The monoisotopic (exact) mass is 298 g/mol. The Labute approximate surface area is 125 Å². The van der Waals surface area contributed by atoms with E-state index in [2.05, 4.69) is 31.7 Å². The Kier molecular flexibility index (Phi) is 4.83. The van der Waals surface area contributed by atoms with E-state index in [0.29, 0.717) is 0 Å². The van der Waals surface area contributed by atoms with Crippen molar-refractivity contribution in [2.75, 3.05) is 18.8 Å². The van der Waals surface area contributed by atoms with E-state index in [1.807, 2.05) is 30.0 Å². The van der Waals surface area contributed by atoms with E-state index in [-0.39, 0.29) is 16.8 Å². The van der Waals surface area contributed by atoms with Crippen LogP contribution in [0.4, 0.5) is 0 Å². The average Bonchev–Trinajstić information content (AvgIpc) is 2.30. The normalized spacial score (nSPS) is 23.0. The van der Waals surface area contributed by atoms with E-state index in [0.717, 1.165) is 29.4 Å². The van der Waals surface area contributed by atoms with Crippen LogP contribution in [0.3, 0.4) is 0 Å². The summed E-state index contributed by atoms with van der Waals surface area (Å²) in [5.41, 5.74) is 7.40. The molecule has 0 amide bonds. The highest BCUT2D eigenvalue weighted by Gasteiger charge is 2.33. The number of nitrogens with zero attached hydrogens (tertiary/aromatic N) is 1. The number of rotatable bonds is 3. The molecule has 0 spiro atoms. The molecule has 0 aliphatic carbocycles. The second kappa shape index (κ2) is 6.04. The lowest BCUT2D eigenvalue weighted by Crippen LogP contribution is -2.49. The third-order valence-electron chi connectivity index (χ3n) is 3.57. The van der Waals surface area contributed by atoms with Gasteiger partial charge >= 0.3 is 0 Å². The number of nitrogens with two attached hydrogens (primary N) is 1. The largest absolute Gasteiger partial charge is 0.326 e. The van der Waals surface area contributed by atoms with Crippen LogP contribution in [0.15, 0.2) is 24.3 Å². The molecule has 0 bridgehead atoms. The Hall–Kier alpha value is -0.220. The van der Waals surface area contributed by atoms with Crippen LogP contribution < -0.4 is 5.73 Å². The molecule has 2 N–H and O–H groups in total. The summed E-state index contributed by atoms with van der Waals surface area (Å²) in [6.45, 7) is 8.80. The molecule has 1 heterocycles. The molecule has 0 radical (unpaired) electrons. The second-order valence-corrected chi connectivity index (χ2v) is 8.11. The van der Waals surface area contributed by atoms with Crippen LogP contribution in [0.5, 0.6) is 0 Å². The van der Waals surface area contributed by atoms with Crippen molar-refractivity contribution in [2.45, 2.75) is 37.6 Å². The third kappa shape index (κ3) is 3.66. The van der Waals surface area contributed by atoms with Gasteiger partial charge in [0.2, 0.25) is 0 Å². The summed E-state index contributed by atoms with van der Waals surface area (Å²) in [5, 5.41) is 0.820. The molecular weight excluding hydrogens is 276 g/mol. The van der Waals surface area contributed by atoms with Gasteiger partial charge in [-0.1, -0.05) is 29.8 Å². The molecule has 2 unspecified atom stereocenters. The third-order valence-corrected chi connectivity index (χ3v) is 5.21. The first-order valence-electron chi connectivity index (χ1n) is 6.79. The summed E-state index contributed by atoms with van der Waals surface area (Å²) in [6.07, 6.45) is 0. The van der Waals surface area contributed by atoms with Gasteiger partial charge in [0.05, 0.1) is 6.04 Å². The topological polar surface area (TPSA) is 29.3 Å². The van der Waals surface area contributed by atoms with Crippen LogP contribution >= 0.6 is 23.4 Å². The second-order valence-electron chi connectivity index (χ2n) is 5.90. The van der Waals surface area contributed by atoms with Gasteiger partial charge in [-0.3, -0.25) is 4.90 Å². The molecule has 2 nitrogen and oxygen atoms in total. The SMILES string of the molecule is CC(N)C(c1ccccc1Cl)N1CCSC(C)(C)C1. The molecule has 0 aromatic heterocycles. The molecule has 1 aliphatic heterocycles. The van der Waals surface area contributed by atoms with Crippen molar-refractivity contribution in [1.82, 2.24) is 4.90 Å². The van der Waals surface area contributed by atoms with E-state index < -0.39 is 0 Å². The molecule has 1 fully saturated rings.